The number of fused-ring (bicyclic) bond motifs is 1. The minimum absolute atomic E-state index is 0.304. The molecule has 0 amide bonds. The average Bonchev–Trinajstić information content (AvgIpc) is 2.59. The summed E-state index contributed by atoms with van der Waals surface area (Å²) in [5.41, 5.74) is 5.73. The van der Waals surface area contributed by atoms with Crippen molar-refractivity contribution in [1.29, 1.82) is 0 Å². The summed E-state index contributed by atoms with van der Waals surface area (Å²) in [5, 5.41) is 0.817. The van der Waals surface area contributed by atoms with Crippen molar-refractivity contribution in [1.82, 2.24) is 0 Å². The standard InChI is InChI=1S/C11H12FNO/c12-10-5-1-3-8-7-9(4-2-6-13)14-11(8)10/h1,3,5,7H,2,4,6,13H2. The predicted molar refractivity (Wildman–Crippen MR) is 53.5 cm³/mol. The fraction of sp³-hybridized carbons (Fsp3) is 0.273. The molecule has 0 saturated carbocycles. The molecule has 1 heterocycles. The molecule has 0 aliphatic carbocycles. The van der Waals surface area contributed by atoms with Gasteiger partial charge in [-0.1, -0.05) is 12.1 Å². The first kappa shape index (κ1) is 9.21. The lowest BCUT2D eigenvalue weighted by Gasteiger charge is -1.92. The second-order valence-electron chi connectivity index (χ2n) is 3.26. The van der Waals surface area contributed by atoms with Crippen LogP contribution in [0.5, 0.6) is 0 Å². The molecule has 0 saturated heterocycles. The number of hydrogen-bond acceptors (Lipinski definition) is 2. The summed E-state index contributed by atoms with van der Waals surface area (Å²) in [6.07, 6.45) is 1.63. The van der Waals surface area contributed by atoms with Crippen LogP contribution in [0, 0.1) is 5.82 Å². The fourth-order valence-corrected chi connectivity index (χ4v) is 1.48. The minimum atomic E-state index is -0.304. The molecule has 3 heteroatoms. The van der Waals surface area contributed by atoms with E-state index in [4.69, 9.17) is 10.2 Å². The Kier molecular flexibility index (Phi) is 2.50. The number of aryl methyl sites for hydroxylation is 1. The maximum Gasteiger partial charge on any atom is 0.169 e. The second kappa shape index (κ2) is 3.80. The molecule has 1 aromatic heterocycles. The summed E-state index contributed by atoms with van der Waals surface area (Å²) in [5.74, 6) is 0.497. The number of benzene rings is 1. The van der Waals surface area contributed by atoms with Gasteiger partial charge in [0, 0.05) is 11.8 Å². The monoisotopic (exact) mass is 193 g/mol. The molecule has 2 nitrogen and oxygen atoms in total. The van der Waals surface area contributed by atoms with Gasteiger partial charge in [-0.05, 0) is 25.1 Å². The van der Waals surface area contributed by atoms with E-state index in [0.29, 0.717) is 12.1 Å². The van der Waals surface area contributed by atoms with Gasteiger partial charge in [0.15, 0.2) is 11.4 Å². The van der Waals surface area contributed by atoms with E-state index in [1.165, 1.54) is 6.07 Å². The zero-order chi connectivity index (χ0) is 9.97. The van der Waals surface area contributed by atoms with E-state index in [0.717, 1.165) is 24.0 Å². The van der Waals surface area contributed by atoms with Crippen molar-refractivity contribution in [3.63, 3.8) is 0 Å². The van der Waals surface area contributed by atoms with Crippen molar-refractivity contribution in [2.45, 2.75) is 12.8 Å². The van der Waals surface area contributed by atoms with Crippen molar-refractivity contribution in [3.05, 3.63) is 35.8 Å². The Morgan fingerprint density at radius 1 is 1.36 bits per heavy atom. The van der Waals surface area contributed by atoms with E-state index in [1.807, 2.05) is 12.1 Å². The Hall–Kier alpha value is -1.35. The molecule has 0 radical (unpaired) electrons. The van der Waals surface area contributed by atoms with Crippen LogP contribution in [0.1, 0.15) is 12.2 Å². The first-order valence-electron chi connectivity index (χ1n) is 4.68. The van der Waals surface area contributed by atoms with E-state index < -0.39 is 0 Å². The number of hydrogen-bond donors (Lipinski definition) is 1. The molecule has 0 unspecified atom stereocenters. The SMILES string of the molecule is NCCCc1cc2cccc(F)c2o1. The summed E-state index contributed by atoms with van der Waals surface area (Å²) in [6.45, 7) is 0.625. The van der Waals surface area contributed by atoms with Crippen molar-refractivity contribution in [2.24, 2.45) is 5.73 Å². The van der Waals surface area contributed by atoms with E-state index in [2.05, 4.69) is 0 Å². The van der Waals surface area contributed by atoms with Gasteiger partial charge in [0.1, 0.15) is 5.76 Å². The quantitative estimate of drug-likeness (QED) is 0.813. The first-order valence-corrected chi connectivity index (χ1v) is 4.68. The second-order valence-corrected chi connectivity index (χ2v) is 3.26. The summed E-state index contributed by atoms with van der Waals surface area (Å²) in [4.78, 5) is 0. The fourth-order valence-electron chi connectivity index (χ4n) is 1.48. The highest BCUT2D eigenvalue weighted by molar-refractivity contribution is 5.78. The first-order chi connectivity index (χ1) is 6.81. The molecule has 0 spiro atoms. The van der Waals surface area contributed by atoms with Gasteiger partial charge in [0.05, 0.1) is 0 Å². The summed E-state index contributed by atoms with van der Waals surface area (Å²) in [7, 11) is 0. The van der Waals surface area contributed by atoms with Gasteiger partial charge in [-0.25, -0.2) is 4.39 Å². The molecular weight excluding hydrogens is 181 g/mol. The molecule has 0 fully saturated rings. The van der Waals surface area contributed by atoms with Crippen molar-refractivity contribution in [3.8, 4) is 0 Å². The van der Waals surface area contributed by atoms with E-state index in [-0.39, 0.29) is 5.82 Å². The molecular formula is C11H12FNO. The smallest absolute Gasteiger partial charge is 0.169 e. The normalized spacial score (nSPS) is 11.0. The maximum atomic E-state index is 13.2. The average molecular weight is 193 g/mol. The molecule has 0 aliphatic heterocycles. The number of halogens is 1. The molecule has 0 bridgehead atoms. The van der Waals surface area contributed by atoms with Crippen LogP contribution in [0.15, 0.2) is 28.7 Å². The molecule has 1 aromatic carbocycles. The molecule has 0 aliphatic rings. The Morgan fingerprint density at radius 2 is 2.21 bits per heavy atom. The molecule has 74 valence electrons. The summed E-state index contributed by atoms with van der Waals surface area (Å²) in [6, 6.07) is 6.79. The van der Waals surface area contributed by atoms with E-state index >= 15 is 0 Å². The van der Waals surface area contributed by atoms with Crippen LogP contribution in [-0.4, -0.2) is 6.54 Å². The number of para-hydroxylation sites is 1. The number of nitrogens with two attached hydrogens (primary N) is 1. The molecule has 0 atom stereocenters. The zero-order valence-electron chi connectivity index (χ0n) is 7.79. The van der Waals surface area contributed by atoms with E-state index in [1.54, 1.807) is 6.07 Å². The Morgan fingerprint density at radius 3 is 2.93 bits per heavy atom. The largest absolute Gasteiger partial charge is 0.458 e. The topological polar surface area (TPSA) is 39.2 Å². The van der Waals surface area contributed by atoms with Crippen LogP contribution in [0.4, 0.5) is 4.39 Å². The van der Waals surface area contributed by atoms with Crippen LogP contribution in [0.2, 0.25) is 0 Å². The Bertz CT molecular complexity index is 436. The van der Waals surface area contributed by atoms with Gasteiger partial charge in [0.2, 0.25) is 0 Å². The maximum absolute atomic E-state index is 13.2. The lowest BCUT2D eigenvalue weighted by atomic mass is 10.2. The predicted octanol–water partition coefficient (Wildman–Crippen LogP) is 2.46. The number of rotatable bonds is 3. The highest BCUT2D eigenvalue weighted by Gasteiger charge is 2.06. The van der Waals surface area contributed by atoms with Crippen molar-refractivity contribution < 1.29 is 8.81 Å². The van der Waals surface area contributed by atoms with Crippen LogP contribution in [0.3, 0.4) is 0 Å². The van der Waals surface area contributed by atoms with Gasteiger partial charge in [-0.2, -0.15) is 0 Å². The van der Waals surface area contributed by atoms with Crippen LogP contribution < -0.4 is 5.73 Å². The van der Waals surface area contributed by atoms with Gasteiger partial charge in [0.25, 0.3) is 0 Å². The molecule has 14 heavy (non-hydrogen) atoms. The Balaban J connectivity index is 2.36. The third-order valence-corrected chi connectivity index (χ3v) is 2.17. The third kappa shape index (κ3) is 1.63. The summed E-state index contributed by atoms with van der Waals surface area (Å²) >= 11 is 0. The summed E-state index contributed by atoms with van der Waals surface area (Å²) < 4.78 is 18.6. The molecule has 2 N–H and O–H groups in total. The van der Waals surface area contributed by atoms with E-state index in [9.17, 15) is 4.39 Å². The third-order valence-electron chi connectivity index (χ3n) is 2.17. The van der Waals surface area contributed by atoms with Crippen molar-refractivity contribution >= 4 is 11.0 Å². The lowest BCUT2D eigenvalue weighted by molar-refractivity contribution is 0.514. The van der Waals surface area contributed by atoms with Crippen LogP contribution in [-0.2, 0) is 6.42 Å². The molecule has 2 rings (SSSR count). The minimum Gasteiger partial charge on any atom is -0.458 e. The zero-order valence-corrected chi connectivity index (χ0v) is 7.79. The highest BCUT2D eigenvalue weighted by Crippen LogP contribution is 2.22. The van der Waals surface area contributed by atoms with Crippen molar-refractivity contribution in [2.75, 3.05) is 6.54 Å². The highest BCUT2D eigenvalue weighted by atomic mass is 19.1. The number of furan rings is 1. The van der Waals surface area contributed by atoms with Gasteiger partial charge < -0.3 is 10.2 Å². The lowest BCUT2D eigenvalue weighted by Crippen LogP contribution is -1.99. The van der Waals surface area contributed by atoms with Gasteiger partial charge in [-0.15, -0.1) is 0 Å². The van der Waals surface area contributed by atoms with Gasteiger partial charge >= 0.3 is 0 Å². The molecule has 2 aromatic rings. The van der Waals surface area contributed by atoms with Crippen LogP contribution >= 0.6 is 0 Å². The van der Waals surface area contributed by atoms with Gasteiger partial charge in [-0.3, -0.25) is 0 Å². The van der Waals surface area contributed by atoms with Crippen LogP contribution in [0.25, 0.3) is 11.0 Å². The Labute approximate surface area is 81.5 Å².